The molecule has 0 aliphatic heterocycles. The van der Waals surface area contributed by atoms with Gasteiger partial charge in [0.25, 0.3) is 5.91 Å². The van der Waals surface area contributed by atoms with E-state index in [1.807, 2.05) is 42.7 Å². The standard InChI is InChI=1S/C23H27N3O2.C11H15N3O3/c1-6-15(2)13-23-25-24-17(4)26(23)22-12-11-20(28-5)14-21(22)16(3)18-7-9-19(27)10-8-18;1-8(15)12-5-6-13-11(16)9-3-2-4-10(7-9)14-17/h7-12,14-15,27H,3,6,13H2,1-2,4-5H3;2-4,7,14,17H,5-6H2,1H3,(H,12,15)(H,13,16). The first-order chi connectivity index (χ1) is 21.6. The number of anilines is 1. The Balaban J connectivity index is 0.000000279. The van der Waals surface area contributed by atoms with E-state index in [9.17, 15) is 14.7 Å². The summed E-state index contributed by atoms with van der Waals surface area (Å²) in [6.45, 7) is 12.8. The summed E-state index contributed by atoms with van der Waals surface area (Å²) >= 11 is 0. The molecule has 0 aliphatic carbocycles. The summed E-state index contributed by atoms with van der Waals surface area (Å²) in [6, 6.07) is 19.4. The summed E-state index contributed by atoms with van der Waals surface area (Å²) in [5.41, 5.74) is 6.54. The summed E-state index contributed by atoms with van der Waals surface area (Å²) in [6.07, 6.45) is 1.94. The zero-order chi connectivity index (χ0) is 32.9. The van der Waals surface area contributed by atoms with Gasteiger partial charge >= 0.3 is 0 Å². The zero-order valence-electron chi connectivity index (χ0n) is 26.4. The number of hydrogen-bond acceptors (Lipinski definition) is 8. The maximum absolute atomic E-state index is 11.6. The Morgan fingerprint density at radius 3 is 2.36 bits per heavy atom. The van der Waals surface area contributed by atoms with Crippen molar-refractivity contribution in [1.82, 2.24) is 25.4 Å². The van der Waals surface area contributed by atoms with Crippen molar-refractivity contribution in [2.24, 2.45) is 5.92 Å². The van der Waals surface area contributed by atoms with Crippen molar-refractivity contribution < 1.29 is 24.6 Å². The van der Waals surface area contributed by atoms with Gasteiger partial charge in [-0.05, 0) is 72.5 Å². The molecule has 5 N–H and O–H groups in total. The predicted octanol–water partition coefficient (Wildman–Crippen LogP) is 5.29. The number of phenolic OH excluding ortho intramolecular Hbond substituents is 1. The van der Waals surface area contributed by atoms with E-state index in [2.05, 4.69) is 45.8 Å². The van der Waals surface area contributed by atoms with E-state index in [1.54, 1.807) is 37.4 Å². The van der Waals surface area contributed by atoms with Crippen LogP contribution in [0, 0.1) is 12.8 Å². The second-order valence-electron chi connectivity index (χ2n) is 10.6. The number of benzene rings is 3. The third-order valence-corrected chi connectivity index (χ3v) is 7.14. The number of amides is 2. The number of aryl methyl sites for hydroxylation is 1. The molecule has 45 heavy (non-hydrogen) atoms. The minimum Gasteiger partial charge on any atom is -0.508 e. The second-order valence-corrected chi connectivity index (χ2v) is 10.6. The molecular formula is C34H42N6O5. The van der Waals surface area contributed by atoms with Crippen LogP contribution >= 0.6 is 0 Å². The predicted molar refractivity (Wildman–Crippen MR) is 175 cm³/mol. The van der Waals surface area contributed by atoms with Crippen molar-refractivity contribution >= 4 is 23.1 Å². The van der Waals surface area contributed by atoms with E-state index in [1.165, 1.54) is 13.0 Å². The summed E-state index contributed by atoms with van der Waals surface area (Å²) in [7, 11) is 1.65. The normalized spacial score (nSPS) is 11.1. The van der Waals surface area contributed by atoms with Gasteiger partial charge in [-0.25, -0.2) is 0 Å². The highest BCUT2D eigenvalue weighted by Crippen LogP contribution is 2.32. The first-order valence-electron chi connectivity index (χ1n) is 14.7. The molecule has 1 heterocycles. The average Bonchev–Trinajstić information content (AvgIpc) is 3.41. The number of carbonyl (C=O) groups is 2. The molecule has 0 saturated heterocycles. The van der Waals surface area contributed by atoms with E-state index < -0.39 is 0 Å². The quantitative estimate of drug-likeness (QED) is 0.107. The van der Waals surface area contributed by atoms with Gasteiger partial charge in [0.05, 0.1) is 18.5 Å². The van der Waals surface area contributed by atoms with Crippen molar-refractivity contribution in [3.05, 3.63) is 102 Å². The molecule has 0 radical (unpaired) electrons. The summed E-state index contributed by atoms with van der Waals surface area (Å²) in [5, 5.41) is 32.3. The lowest BCUT2D eigenvalue weighted by atomic mass is 9.97. The lowest BCUT2D eigenvalue weighted by Crippen LogP contribution is -2.33. The number of methoxy groups -OCH3 is 1. The molecule has 1 unspecified atom stereocenters. The highest BCUT2D eigenvalue weighted by molar-refractivity contribution is 5.95. The Kier molecular flexibility index (Phi) is 12.7. The minimum absolute atomic E-state index is 0.134. The molecule has 3 aromatic carbocycles. The number of carbonyl (C=O) groups excluding carboxylic acids is 2. The van der Waals surface area contributed by atoms with Crippen LogP contribution in [0.2, 0.25) is 0 Å². The topological polar surface area (TPSA) is 151 Å². The van der Waals surface area contributed by atoms with Crippen molar-refractivity contribution in [2.75, 3.05) is 25.7 Å². The van der Waals surface area contributed by atoms with E-state index >= 15 is 0 Å². The summed E-state index contributed by atoms with van der Waals surface area (Å²) in [5.74, 6) is 2.89. The highest BCUT2D eigenvalue weighted by Gasteiger charge is 2.18. The number of phenols is 1. The second kappa shape index (κ2) is 16.6. The fourth-order valence-corrected chi connectivity index (χ4v) is 4.45. The SMILES string of the molecule is C=C(c1ccc(O)cc1)c1cc(OC)ccc1-n1c(C)nnc1CC(C)CC.CC(=O)NCCNC(=O)c1cccc(NO)c1. The van der Waals surface area contributed by atoms with Crippen LogP contribution < -0.4 is 20.9 Å². The summed E-state index contributed by atoms with van der Waals surface area (Å²) < 4.78 is 7.56. The Morgan fingerprint density at radius 2 is 1.71 bits per heavy atom. The van der Waals surface area contributed by atoms with Crippen LogP contribution in [0.5, 0.6) is 11.5 Å². The van der Waals surface area contributed by atoms with Crippen molar-refractivity contribution in [3.8, 4) is 17.2 Å². The third-order valence-electron chi connectivity index (χ3n) is 7.14. The molecule has 0 spiro atoms. The fourth-order valence-electron chi connectivity index (χ4n) is 4.45. The highest BCUT2D eigenvalue weighted by atomic mass is 16.5. The number of nitrogens with one attached hydrogen (secondary N) is 3. The number of rotatable bonds is 12. The van der Waals surface area contributed by atoms with Gasteiger partial charge in [0.2, 0.25) is 5.91 Å². The minimum atomic E-state index is -0.257. The van der Waals surface area contributed by atoms with Crippen LogP contribution in [0.3, 0.4) is 0 Å². The fraction of sp³-hybridized carbons (Fsp3) is 0.294. The Bertz CT molecular complexity index is 1600. The molecule has 0 fully saturated rings. The number of nitrogens with zero attached hydrogens (tertiary/aromatic N) is 3. The van der Waals surface area contributed by atoms with Gasteiger partial charge in [0.15, 0.2) is 0 Å². The molecule has 4 aromatic rings. The molecular weight excluding hydrogens is 572 g/mol. The third kappa shape index (κ3) is 9.67. The van der Waals surface area contributed by atoms with Gasteiger partial charge in [-0.1, -0.05) is 45.0 Å². The van der Waals surface area contributed by atoms with Crippen molar-refractivity contribution in [2.45, 2.75) is 40.5 Å². The zero-order valence-corrected chi connectivity index (χ0v) is 26.4. The van der Waals surface area contributed by atoms with Crippen LogP contribution in [0.25, 0.3) is 11.3 Å². The van der Waals surface area contributed by atoms with Gasteiger partial charge in [-0.2, -0.15) is 0 Å². The van der Waals surface area contributed by atoms with Gasteiger partial charge in [0.1, 0.15) is 23.1 Å². The van der Waals surface area contributed by atoms with E-state index in [0.29, 0.717) is 30.3 Å². The Labute approximate surface area is 263 Å². The van der Waals surface area contributed by atoms with Crippen LogP contribution in [-0.2, 0) is 11.2 Å². The van der Waals surface area contributed by atoms with Crippen LogP contribution in [0.4, 0.5) is 5.69 Å². The molecule has 2 amide bonds. The number of hydrogen-bond donors (Lipinski definition) is 5. The molecule has 11 nitrogen and oxygen atoms in total. The molecule has 1 atom stereocenters. The molecule has 4 rings (SSSR count). The van der Waals surface area contributed by atoms with E-state index in [0.717, 1.165) is 52.6 Å². The Morgan fingerprint density at radius 1 is 1.00 bits per heavy atom. The van der Waals surface area contributed by atoms with Gasteiger partial charge in [0, 0.05) is 37.6 Å². The number of aromatic hydroxyl groups is 1. The molecule has 11 heteroatoms. The molecule has 1 aromatic heterocycles. The largest absolute Gasteiger partial charge is 0.508 e. The molecule has 0 aliphatic rings. The maximum atomic E-state index is 11.6. The lowest BCUT2D eigenvalue weighted by Gasteiger charge is -2.18. The number of ether oxygens (including phenoxy) is 1. The first kappa shape index (κ1) is 34.3. The molecule has 0 saturated carbocycles. The van der Waals surface area contributed by atoms with Gasteiger partial charge < -0.3 is 20.5 Å². The van der Waals surface area contributed by atoms with Crippen LogP contribution in [0.15, 0.2) is 73.3 Å². The monoisotopic (exact) mass is 614 g/mol. The lowest BCUT2D eigenvalue weighted by molar-refractivity contribution is -0.118. The van der Waals surface area contributed by atoms with Gasteiger partial charge in [-0.3, -0.25) is 24.8 Å². The van der Waals surface area contributed by atoms with Crippen LogP contribution in [-0.4, -0.2) is 57.1 Å². The first-order valence-corrected chi connectivity index (χ1v) is 14.7. The van der Waals surface area contributed by atoms with E-state index in [-0.39, 0.29) is 17.6 Å². The summed E-state index contributed by atoms with van der Waals surface area (Å²) in [4.78, 5) is 22.2. The molecule has 0 bridgehead atoms. The van der Waals surface area contributed by atoms with Gasteiger partial charge in [-0.15, -0.1) is 10.2 Å². The Hall–Kier alpha value is -5.16. The maximum Gasteiger partial charge on any atom is 0.251 e. The van der Waals surface area contributed by atoms with Crippen LogP contribution in [0.1, 0.15) is 60.3 Å². The van der Waals surface area contributed by atoms with E-state index in [4.69, 9.17) is 9.94 Å². The molecule has 238 valence electrons. The van der Waals surface area contributed by atoms with Crippen molar-refractivity contribution in [1.29, 1.82) is 0 Å². The number of aromatic nitrogens is 3. The smallest absolute Gasteiger partial charge is 0.251 e. The average molecular weight is 615 g/mol. The van der Waals surface area contributed by atoms with Crippen molar-refractivity contribution in [3.63, 3.8) is 0 Å².